The Morgan fingerprint density at radius 1 is 1.13 bits per heavy atom. The molecular formula is C28H41N3O7. The second-order valence-electron chi connectivity index (χ2n) is 12.2. The van der Waals surface area contributed by atoms with Crippen molar-refractivity contribution in [2.24, 2.45) is 39.5 Å². The average molecular weight is 532 g/mol. The van der Waals surface area contributed by atoms with Gasteiger partial charge in [-0.15, -0.1) is 0 Å². The van der Waals surface area contributed by atoms with Gasteiger partial charge in [0.05, 0.1) is 5.71 Å². The number of hydrogen-bond acceptors (Lipinski definition) is 7. The largest absolute Gasteiger partial charge is 0.480 e. The number of primary amides is 1. The molecule has 4 aliphatic carbocycles. The highest BCUT2D eigenvalue weighted by molar-refractivity contribution is 5.96. The molecule has 4 aliphatic rings. The minimum absolute atomic E-state index is 0.0344. The van der Waals surface area contributed by atoms with Crippen molar-refractivity contribution in [1.29, 1.82) is 0 Å². The number of carbonyl (C=O) groups excluding carboxylic acids is 3. The molecule has 5 N–H and O–H groups in total. The van der Waals surface area contributed by atoms with Gasteiger partial charge in [-0.25, -0.2) is 4.79 Å². The van der Waals surface area contributed by atoms with E-state index in [1.807, 2.05) is 0 Å². The van der Waals surface area contributed by atoms with Crippen LogP contribution in [0.3, 0.4) is 0 Å². The summed E-state index contributed by atoms with van der Waals surface area (Å²) < 4.78 is 0. The number of carbonyl (C=O) groups is 4. The van der Waals surface area contributed by atoms with E-state index in [9.17, 15) is 29.4 Å². The number of Topliss-reactive ketones (excluding diaryl/α,β-unsaturated/α-hetero) is 1. The molecule has 0 aromatic rings. The Bertz CT molecular complexity index is 1070. The second-order valence-corrected chi connectivity index (χ2v) is 12.2. The number of carboxylic acids is 1. The second kappa shape index (κ2) is 10.4. The van der Waals surface area contributed by atoms with Crippen LogP contribution in [0, 0.1) is 28.6 Å². The van der Waals surface area contributed by atoms with Crippen LogP contribution in [-0.4, -0.2) is 57.7 Å². The molecule has 10 nitrogen and oxygen atoms in total. The quantitative estimate of drug-likeness (QED) is 0.331. The topological polar surface area (TPSA) is 168 Å². The summed E-state index contributed by atoms with van der Waals surface area (Å²) in [5.41, 5.74) is 5.64. The lowest BCUT2D eigenvalue weighted by atomic mass is 9.46. The molecule has 7 atom stereocenters. The van der Waals surface area contributed by atoms with Crippen LogP contribution in [0.4, 0.5) is 0 Å². The van der Waals surface area contributed by atoms with E-state index in [0.29, 0.717) is 30.6 Å². The number of ketones is 1. The van der Waals surface area contributed by atoms with E-state index < -0.39 is 36.0 Å². The Labute approximate surface area is 223 Å². The van der Waals surface area contributed by atoms with Crippen LogP contribution < -0.4 is 11.1 Å². The van der Waals surface area contributed by atoms with Crippen molar-refractivity contribution in [3.05, 3.63) is 11.6 Å². The van der Waals surface area contributed by atoms with Crippen LogP contribution in [-0.2, 0) is 24.0 Å². The summed E-state index contributed by atoms with van der Waals surface area (Å²) in [6.45, 7) is 5.58. The van der Waals surface area contributed by atoms with Gasteiger partial charge in [-0.2, -0.15) is 0 Å². The number of allylic oxidation sites excluding steroid dienone is 2. The van der Waals surface area contributed by atoms with Gasteiger partial charge in [0, 0.05) is 11.8 Å². The molecule has 2 amide bonds. The van der Waals surface area contributed by atoms with Crippen LogP contribution in [0.15, 0.2) is 16.8 Å². The van der Waals surface area contributed by atoms with Gasteiger partial charge in [0.1, 0.15) is 11.6 Å². The number of nitrogens with one attached hydrogen (secondary N) is 1. The first-order valence-corrected chi connectivity index (χ1v) is 13.8. The fraction of sp³-hybridized carbons (Fsp3) is 0.750. The highest BCUT2D eigenvalue weighted by Crippen LogP contribution is 2.67. The van der Waals surface area contributed by atoms with E-state index in [1.165, 1.54) is 12.5 Å². The number of aliphatic hydroxyl groups is 1. The van der Waals surface area contributed by atoms with Crippen molar-refractivity contribution < 1.29 is 34.2 Å². The van der Waals surface area contributed by atoms with Crippen molar-refractivity contribution in [1.82, 2.24) is 5.32 Å². The molecule has 0 radical (unpaired) electrons. The lowest BCUT2D eigenvalue weighted by Crippen LogP contribution is -2.57. The molecule has 0 aliphatic heterocycles. The lowest BCUT2D eigenvalue weighted by Gasteiger charge is -2.59. The highest BCUT2D eigenvalue weighted by Gasteiger charge is 2.65. The number of nitrogens with zero attached hydrogens (tertiary/aromatic N) is 1. The first-order valence-electron chi connectivity index (χ1n) is 13.8. The van der Waals surface area contributed by atoms with Gasteiger partial charge in [-0.1, -0.05) is 24.6 Å². The molecule has 0 aromatic heterocycles. The summed E-state index contributed by atoms with van der Waals surface area (Å²) >= 11 is 0. The third-order valence-corrected chi connectivity index (χ3v) is 10.4. The van der Waals surface area contributed by atoms with E-state index in [2.05, 4.69) is 30.4 Å². The van der Waals surface area contributed by atoms with Crippen molar-refractivity contribution in [2.75, 3.05) is 6.61 Å². The smallest absolute Gasteiger partial charge is 0.326 e. The summed E-state index contributed by atoms with van der Waals surface area (Å²) in [4.78, 5) is 52.1. The molecule has 0 aromatic carbocycles. The number of oxime groups is 1. The minimum Gasteiger partial charge on any atom is -0.480 e. The molecule has 0 heterocycles. The molecule has 0 bridgehead atoms. The molecule has 210 valence electrons. The van der Waals surface area contributed by atoms with Crippen molar-refractivity contribution in [3.63, 3.8) is 0 Å². The molecular weight excluding hydrogens is 490 g/mol. The minimum atomic E-state index is -1.25. The number of carboxylic acid groups (broad SMARTS) is 1. The van der Waals surface area contributed by atoms with Gasteiger partial charge in [0.2, 0.25) is 5.91 Å². The molecule has 4 rings (SSSR count). The number of nitrogens with two attached hydrogens (primary N) is 1. The summed E-state index contributed by atoms with van der Waals surface area (Å²) in [5, 5.41) is 27.0. The number of fused-ring (bicyclic) bond motifs is 5. The zero-order valence-corrected chi connectivity index (χ0v) is 22.6. The Hall–Kier alpha value is -2.75. The molecule has 38 heavy (non-hydrogen) atoms. The van der Waals surface area contributed by atoms with Crippen molar-refractivity contribution in [3.8, 4) is 0 Å². The van der Waals surface area contributed by atoms with E-state index >= 15 is 0 Å². The summed E-state index contributed by atoms with van der Waals surface area (Å²) in [6.07, 6.45) is 8.75. The fourth-order valence-electron chi connectivity index (χ4n) is 8.19. The van der Waals surface area contributed by atoms with Crippen molar-refractivity contribution >= 4 is 29.3 Å². The number of amides is 2. The Balaban J connectivity index is 1.38. The summed E-state index contributed by atoms with van der Waals surface area (Å²) in [7, 11) is 0. The summed E-state index contributed by atoms with van der Waals surface area (Å²) in [5.74, 6) is -1.28. The van der Waals surface area contributed by atoms with Crippen molar-refractivity contribution in [2.45, 2.75) is 96.6 Å². The van der Waals surface area contributed by atoms with Crippen LogP contribution in [0.2, 0.25) is 0 Å². The molecule has 3 fully saturated rings. The first-order chi connectivity index (χ1) is 17.8. The van der Waals surface area contributed by atoms with Crippen LogP contribution in [0.5, 0.6) is 0 Å². The molecule has 10 heteroatoms. The van der Waals surface area contributed by atoms with E-state index in [-0.39, 0.29) is 29.5 Å². The summed E-state index contributed by atoms with van der Waals surface area (Å²) in [6, 6.07) is -1.22. The van der Waals surface area contributed by atoms with Gasteiger partial charge in [-0.05, 0) is 94.0 Å². The standard InChI is InChI=1S/C28H41N3O7/c1-16(32)28(37)13-10-21-19-5-4-17-14-18(8-11-26(17,2)20(19)9-12-27(21,28)3)31-38-15-24(34)30-22(25(35)36)6-7-23(29)33/h14,19-22,37H,4-13,15H2,1-3H3,(H2,29,33)(H,30,34)(H,35,36)/b31-18-/t19-,20+,21-,22-,26-,27-,28-/m0/s1. The third-order valence-electron chi connectivity index (χ3n) is 10.4. The van der Waals surface area contributed by atoms with E-state index in [1.54, 1.807) is 0 Å². The average Bonchev–Trinajstić information content (AvgIpc) is 3.13. The SMILES string of the molecule is CC(=O)[C@@]1(O)CC[C@H]2[C@H]3CCC4=C/C(=N\OCC(=O)N[C@@H](CCC(N)=O)C(=O)O)CC[C@]4(C)[C@@H]3CC[C@@]21C. The zero-order valence-electron chi connectivity index (χ0n) is 22.6. The van der Waals surface area contributed by atoms with Crippen LogP contribution in [0.25, 0.3) is 0 Å². The Kier molecular flexibility index (Phi) is 7.76. The number of rotatable bonds is 9. The Morgan fingerprint density at radius 2 is 1.84 bits per heavy atom. The van der Waals surface area contributed by atoms with Gasteiger partial charge in [-0.3, -0.25) is 14.4 Å². The zero-order chi connectivity index (χ0) is 27.9. The van der Waals surface area contributed by atoms with Crippen LogP contribution in [0.1, 0.15) is 85.0 Å². The number of hydrogen-bond donors (Lipinski definition) is 4. The van der Waals surface area contributed by atoms with E-state index in [4.69, 9.17) is 10.6 Å². The molecule has 0 unspecified atom stereocenters. The van der Waals surface area contributed by atoms with E-state index in [0.717, 1.165) is 44.2 Å². The molecule has 0 spiro atoms. The monoisotopic (exact) mass is 531 g/mol. The predicted octanol–water partition coefficient (Wildman–Crippen LogP) is 2.48. The maximum Gasteiger partial charge on any atom is 0.326 e. The van der Waals surface area contributed by atoms with Gasteiger partial charge in [0.15, 0.2) is 12.4 Å². The van der Waals surface area contributed by atoms with Gasteiger partial charge >= 0.3 is 5.97 Å². The Morgan fingerprint density at radius 3 is 2.50 bits per heavy atom. The molecule has 0 saturated heterocycles. The van der Waals surface area contributed by atoms with Crippen LogP contribution >= 0.6 is 0 Å². The number of aliphatic carboxylic acids is 1. The normalized spacial score (nSPS) is 37.7. The molecule has 3 saturated carbocycles. The highest BCUT2D eigenvalue weighted by atomic mass is 16.6. The first kappa shape index (κ1) is 28.3. The maximum atomic E-state index is 12.4. The third kappa shape index (κ3) is 4.87. The van der Waals surface area contributed by atoms with Gasteiger partial charge in [0.25, 0.3) is 5.91 Å². The predicted molar refractivity (Wildman–Crippen MR) is 139 cm³/mol. The maximum absolute atomic E-state index is 12.4. The van der Waals surface area contributed by atoms with Gasteiger partial charge < -0.3 is 26.1 Å². The lowest BCUT2D eigenvalue weighted by molar-refractivity contribution is -0.159. The fourth-order valence-corrected chi connectivity index (χ4v) is 8.19.